The van der Waals surface area contributed by atoms with Gasteiger partial charge in [0.15, 0.2) is 0 Å². The number of thiazole rings is 1. The first-order chi connectivity index (χ1) is 8.18. The molecule has 0 aliphatic carbocycles. The number of aryl methyl sites for hydroxylation is 1. The third kappa shape index (κ3) is 2.93. The fourth-order valence-corrected chi connectivity index (χ4v) is 2.70. The first-order valence-corrected chi connectivity index (χ1v) is 6.76. The van der Waals surface area contributed by atoms with Crippen LogP contribution in [0.1, 0.15) is 41.9 Å². The Morgan fingerprint density at radius 2 is 1.94 bits per heavy atom. The first kappa shape index (κ1) is 12.3. The summed E-state index contributed by atoms with van der Waals surface area (Å²) in [5.41, 5.74) is 4.58. The monoisotopic (exact) mass is 246 g/mol. The Kier molecular flexibility index (Phi) is 3.92. The zero-order chi connectivity index (χ0) is 12.3. The highest BCUT2D eigenvalue weighted by Gasteiger charge is 2.13. The molecule has 0 saturated carbocycles. The van der Waals surface area contributed by atoms with Crippen molar-refractivity contribution < 1.29 is 0 Å². The van der Waals surface area contributed by atoms with Crippen LogP contribution in [0.4, 0.5) is 0 Å². The highest BCUT2D eigenvalue weighted by Crippen LogP contribution is 2.23. The molecule has 2 nitrogen and oxygen atoms in total. The van der Waals surface area contributed by atoms with E-state index in [4.69, 9.17) is 0 Å². The van der Waals surface area contributed by atoms with E-state index >= 15 is 0 Å². The van der Waals surface area contributed by atoms with Gasteiger partial charge in [-0.15, -0.1) is 11.3 Å². The van der Waals surface area contributed by atoms with Crippen LogP contribution >= 0.6 is 11.3 Å². The van der Waals surface area contributed by atoms with Crippen LogP contribution in [0, 0.1) is 6.92 Å². The summed E-state index contributed by atoms with van der Waals surface area (Å²) in [6.07, 6.45) is 1.94. The van der Waals surface area contributed by atoms with Crippen LogP contribution in [-0.4, -0.2) is 4.98 Å². The lowest BCUT2D eigenvalue weighted by Gasteiger charge is -2.20. The van der Waals surface area contributed by atoms with E-state index in [0.717, 1.165) is 0 Å². The molecule has 0 saturated heterocycles. The fraction of sp³-hybridized carbons (Fsp3) is 0.357. The minimum absolute atomic E-state index is 0.345. The Morgan fingerprint density at radius 3 is 2.59 bits per heavy atom. The molecule has 1 aromatic carbocycles. The second-order valence-corrected chi connectivity index (χ2v) is 5.29. The zero-order valence-electron chi connectivity index (χ0n) is 10.5. The van der Waals surface area contributed by atoms with Gasteiger partial charge in [-0.2, -0.15) is 0 Å². The smallest absolute Gasteiger partial charge is 0.0794 e. The summed E-state index contributed by atoms with van der Waals surface area (Å²) in [7, 11) is 0. The summed E-state index contributed by atoms with van der Waals surface area (Å²) in [5.74, 6) is 0. The number of hydrogen-bond acceptors (Lipinski definition) is 3. The van der Waals surface area contributed by atoms with Gasteiger partial charge < -0.3 is 5.32 Å². The van der Waals surface area contributed by atoms with Crippen LogP contribution in [0.25, 0.3) is 0 Å². The van der Waals surface area contributed by atoms with Crippen molar-refractivity contribution in [1.29, 1.82) is 0 Å². The lowest BCUT2D eigenvalue weighted by Crippen LogP contribution is -2.22. The van der Waals surface area contributed by atoms with Gasteiger partial charge in [-0.25, -0.2) is 0 Å². The van der Waals surface area contributed by atoms with E-state index in [9.17, 15) is 0 Å². The second kappa shape index (κ2) is 5.43. The van der Waals surface area contributed by atoms with Gasteiger partial charge in [-0.1, -0.05) is 24.3 Å². The SMILES string of the molecule is Cc1ccccc1[C@H](C)NC(C)c1cncs1. The summed E-state index contributed by atoms with van der Waals surface area (Å²) in [6, 6.07) is 9.22. The molecule has 1 aromatic heterocycles. The molecule has 1 heterocycles. The molecule has 3 heteroatoms. The van der Waals surface area contributed by atoms with Crippen LogP contribution in [0.2, 0.25) is 0 Å². The molecular formula is C14H18N2S. The topological polar surface area (TPSA) is 24.9 Å². The average molecular weight is 246 g/mol. The van der Waals surface area contributed by atoms with Gasteiger partial charge in [0.05, 0.1) is 5.51 Å². The van der Waals surface area contributed by atoms with Crippen molar-refractivity contribution in [3.63, 3.8) is 0 Å². The normalized spacial score (nSPS) is 14.5. The largest absolute Gasteiger partial charge is 0.303 e. The van der Waals surface area contributed by atoms with Gasteiger partial charge in [0.25, 0.3) is 0 Å². The molecule has 1 unspecified atom stereocenters. The highest BCUT2D eigenvalue weighted by atomic mass is 32.1. The van der Waals surface area contributed by atoms with Gasteiger partial charge >= 0.3 is 0 Å². The molecule has 0 amide bonds. The predicted molar refractivity (Wildman–Crippen MR) is 73.3 cm³/mol. The van der Waals surface area contributed by atoms with E-state index in [1.165, 1.54) is 16.0 Å². The quantitative estimate of drug-likeness (QED) is 0.886. The molecule has 2 rings (SSSR count). The average Bonchev–Trinajstić information content (AvgIpc) is 2.82. The number of rotatable bonds is 4. The molecule has 2 aromatic rings. The fourth-order valence-electron chi connectivity index (χ4n) is 2.06. The highest BCUT2D eigenvalue weighted by molar-refractivity contribution is 7.09. The summed E-state index contributed by atoms with van der Waals surface area (Å²) in [4.78, 5) is 5.40. The van der Waals surface area contributed by atoms with Crippen LogP contribution in [0.3, 0.4) is 0 Å². The molecular weight excluding hydrogens is 228 g/mol. The lowest BCUT2D eigenvalue weighted by atomic mass is 10.0. The standard InChI is InChI=1S/C14H18N2S/c1-10-6-4-5-7-13(10)11(2)16-12(3)14-8-15-9-17-14/h4-9,11-12,16H,1-3H3/t11-,12?/m0/s1. The maximum Gasteiger partial charge on any atom is 0.0794 e. The third-order valence-corrected chi connectivity index (χ3v) is 3.99. The van der Waals surface area contributed by atoms with Gasteiger partial charge in [0.2, 0.25) is 0 Å². The van der Waals surface area contributed by atoms with Gasteiger partial charge in [-0.05, 0) is 31.9 Å². The third-order valence-electron chi connectivity index (χ3n) is 3.03. The number of aromatic nitrogens is 1. The van der Waals surface area contributed by atoms with Crippen LogP contribution in [-0.2, 0) is 0 Å². The molecule has 0 aliphatic rings. The molecule has 0 radical (unpaired) electrons. The van der Waals surface area contributed by atoms with Crippen molar-refractivity contribution in [2.24, 2.45) is 0 Å². The van der Waals surface area contributed by atoms with E-state index in [-0.39, 0.29) is 0 Å². The predicted octanol–water partition coefficient (Wildman–Crippen LogP) is 3.86. The molecule has 2 atom stereocenters. The van der Waals surface area contributed by atoms with Crippen molar-refractivity contribution in [3.05, 3.63) is 52.0 Å². The summed E-state index contributed by atoms with van der Waals surface area (Å²) < 4.78 is 0. The Balaban J connectivity index is 2.07. The van der Waals surface area contributed by atoms with Crippen molar-refractivity contribution in [3.8, 4) is 0 Å². The maximum atomic E-state index is 4.12. The Labute approximate surface area is 107 Å². The summed E-state index contributed by atoms with van der Waals surface area (Å²) >= 11 is 1.70. The maximum absolute atomic E-state index is 4.12. The Hall–Kier alpha value is -1.19. The lowest BCUT2D eigenvalue weighted by molar-refractivity contribution is 0.498. The van der Waals surface area contributed by atoms with Gasteiger partial charge in [0.1, 0.15) is 0 Å². The Bertz CT molecular complexity index is 465. The minimum Gasteiger partial charge on any atom is -0.303 e. The van der Waals surface area contributed by atoms with Gasteiger partial charge in [-0.3, -0.25) is 4.98 Å². The summed E-state index contributed by atoms with van der Waals surface area (Å²) in [6.45, 7) is 6.55. The molecule has 17 heavy (non-hydrogen) atoms. The van der Waals surface area contributed by atoms with E-state index in [1.54, 1.807) is 11.3 Å². The van der Waals surface area contributed by atoms with E-state index in [2.05, 4.69) is 55.3 Å². The van der Waals surface area contributed by atoms with Gasteiger partial charge in [0, 0.05) is 23.2 Å². The second-order valence-electron chi connectivity index (χ2n) is 4.37. The van der Waals surface area contributed by atoms with Crippen molar-refractivity contribution >= 4 is 11.3 Å². The van der Waals surface area contributed by atoms with Crippen LogP contribution in [0.15, 0.2) is 36.0 Å². The van der Waals surface area contributed by atoms with E-state index in [1.807, 2.05) is 11.7 Å². The molecule has 0 fully saturated rings. The molecule has 0 spiro atoms. The molecule has 1 N–H and O–H groups in total. The number of benzene rings is 1. The van der Waals surface area contributed by atoms with Crippen LogP contribution < -0.4 is 5.32 Å². The number of hydrogen-bond donors (Lipinski definition) is 1. The first-order valence-electron chi connectivity index (χ1n) is 5.88. The molecule has 0 aliphatic heterocycles. The van der Waals surface area contributed by atoms with Crippen molar-refractivity contribution in [2.45, 2.75) is 32.9 Å². The number of nitrogens with one attached hydrogen (secondary N) is 1. The van der Waals surface area contributed by atoms with E-state index in [0.29, 0.717) is 12.1 Å². The Morgan fingerprint density at radius 1 is 1.18 bits per heavy atom. The van der Waals surface area contributed by atoms with E-state index < -0.39 is 0 Å². The molecule has 90 valence electrons. The number of nitrogens with zero attached hydrogens (tertiary/aromatic N) is 1. The van der Waals surface area contributed by atoms with Crippen molar-refractivity contribution in [2.75, 3.05) is 0 Å². The minimum atomic E-state index is 0.345. The molecule has 0 bridgehead atoms. The van der Waals surface area contributed by atoms with Crippen molar-refractivity contribution in [1.82, 2.24) is 10.3 Å². The zero-order valence-corrected chi connectivity index (χ0v) is 11.3. The van der Waals surface area contributed by atoms with Crippen LogP contribution in [0.5, 0.6) is 0 Å². The summed E-state index contributed by atoms with van der Waals surface area (Å²) in [5, 5.41) is 3.61.